The van der Waals surface area contributed by atoms with Crippen molar-refractivity contribution in [2.45, 2.75) is 0 Å². The summed E-state index contributed by atoms with van der Waals surface area (Å²) in [6, 6.07) is 7.66. The van der Waals surface area contributed by atoms with E-state index in [4.69, 9.17) is 40.5 Å². The quantitative estimate of drug-likeness (QED) is 0.756. The Hall–Kier alpha value is -1.16. The van der Waals surface area contributed by atoms with Crippen LogP contribution in [-0.4, -0.2) is 0 Å². The average Bonchev–Trinajstić information content (AvgIpc) is 2.32. The largest absolute Gasteiger partial charge is 0.397 e. The number of rotatable bonds is 2. The van der Waals surface area contributed by atoms with Crippen LogP contribution in [0.15, 0.2) is 30.3 Å². The van der Waals surface area contributed by atoms with Crippen molar-refractivity contribution < 1.29 is 4.39 Å². The number of anilines is 3. The van der Waals surface area contributed by atoms with Crippen LogP contribution in [-0.2, 0) is 0 Å². The number of hydrogen-bond donors (Lipinski definition) is 2. The molecule has 0 saturated carbocycles. The van der Waals surface area contributed by atoms with Crippen molar-refractivity contribution in [3.05, 3.63) is 51.2 Å². The van der Waals surface area contributed by atoms with Crippen molar-refractivity contribution in [2.24, 2.45) is 0 Å². The first-order chi connectivity index (χ1) is 8.49. The lowest BCUT2D eigenvalue weighted by Gasteiger charge is -2.12. The van der Waals surface area contributed by atoms with Gasteiger partial charge in [-0.05, 0) is 18.2 Å². The second kappa shape index (κ2) is 5.22. The minimum absolute atomic E-state index is 0.0233. The van der Waals surface area contributed by atoms with Gasteiger partial charge in [0, 0.05) is 6.07 Å². The zero-order valence-electron chi connectivity index (χ0n) is 8.98. The second-order valence-corrected chi connectivity index (χ2v) is 4.77. The number of nitrogen functional groups attached to an aromatic ring is 1. The summed E-state index contributed by atoms with van der Waals surface area (Å²) in [6.45, 7) is 0. The Balaban J connectivity index is 2.40. The fraction of sp³-hybridized carbons (Fsp3) is 0. The zero-order valence-corrected chi connectivity index (χ0v) is 11.2. The van der Waals surface area contributed by atoms with Crippen LogP contribution in [0.2, 0.25) is 15.1 Å². The molecule has 0 saturated heterocycles. The van der Waals surface area contributed by atoms with Crippen LogP contribution < -0.4 is 11.1 Å². The molecule has 0 aliphatic carbocycles. The Morgan fingerprint density at radius 3 is 2.44 bits per heavy atom. The smallest absolute Gasteiger partial charge is 0.143 e. The third-order valence-electron chi connectivity index (χ3n) is 2.31. The minimum atomic E-state index is -0.572. The van der Waals surface area contributed by atoms with E-state index in [1.165, 1.54) is 6.07 Å². The summed E-state index contributed by atoms with van der Waals surface area (Å²) in [6.07, 6.45) is 0. The molecule has 0 atom stereocenters. The zero-order chi connectivity index (χ0) is 13.3. The summed E-state index contributed by atoms with van der Waals surface area (Å²) in [4.78, 5) is 0. The first kappa shape index (κ1) is 13.3. The average molecular weight is 306 g/mol. The Morgan fingerprint density at radius 2 is 1.72 bits per heavy atom. The third kappa shape index (κ3) is 2.64. The van der Waals surface area contributed by atoms with Crippen molar-refractivity contribution in [3.8, 4) is 0 Å². The van der Waals surface area contributed by atoms with Gasteiger partial charge < -0.3 is 11.1 Å². The molecule has 0 heterocycles. The van der Waals surface area contributed by atoms with Gasteiger partial charge in [0.1, 0.15) is 5.82 Å². The molecule has 18 heavy (non-hydrogen) atoms. The van der Waals surface area contributed by atoms with Crippen molar-refractivity contribution in [1.82, 2.24) is 0 Å². The standard InChI is InChI=1S/C12H8Cl3FN2/c13-6-2-1-3-10(12(6)15)18-11-4-7(14)8(16)5-9(11)17/h1-5,18H,17H2. The number of nitrogens with two attached hydrogens (primary N) is 1. The molecule has 2 aromatic rings. The summed E-state index contributed by atoms with van der Waals surface area (Å²) < 4.78 is 13.2. The van der Waals surface area contributed by atoms with Crippen LogP contribution in [0.5, 0.6) is 0 Å². The Bertz CT molecular complexity index is 602. The van der Waals surface area contributed by atoms with Crippen molar-refractivity contribution in [2.75, 3.05) is 11.1 Å². The molecule has 2 aromatic carbocycles. The SMILES string of the molecule is Nc1cc(F)c(Cl)cc1Nc1cccc(Cl)c1Cl. The van der Waals surface area contributed by atoms with Gasteiger partial charge in [-0.3, -0.25) is 0 Å². The van der Waals surface area contributed by atoms with E-state index >= 15 is 0 Å². The van der Waals surface area contributed by atoms with Gasteiger partial charge in [0.25, 0.3) is 0 Å². The molecule has 0 amide bonds. The second-order valence-electron chi connectivity index (χ2n) is 3.58. The maximum Gasteiger partial charge on any atom is 0.143 e. The van der Waals surface area contributed by atoms with Gasteiger partial charge in [-0.2, -0.15) is 0 Å². The molecule has 0 spiro atoms. The topological polar surface area (TPSA) is 38.0 Å². The predicted molar refractivity (Wildman–Crippen MR) is 75.6 cm³/mol. The molecule has 0 unspecified atom stereocenters. The maximum atomic E-state index is 13.2. The van der Waals surface area contributed by atoms with Gasteiger partial charge >= 0.3 is 0 Å². The number of nitrogens with one attached hydrogen (secondary N) is 1. The molecule has 2 nitrogen and oxygen atoms in total. The van der Waals surface area contributed by atoms with Gasteiger partial charge in [-0.15, -0.1) is 0 Å². The van der Waals surface area contributed by atoms with Crippen molar-refractivity contribution >= 4 is 51.9 Å². The molecule has 0 aliphatic rings. The molecular formula is C12H8Cl3FN2. The first-order valence-electron chi connectivity index (χ1n) is 4.94. The first-order valence-corrected chi connectivity index (χ1v) is 6.08. The molecule has 0 bridgehead atoms. The summed E-state index contributed by atoms with van der Waals surface area (Å²) in [5.74, 6) is -0.572. The van der Waals surface area contributed by atoms with Gasteiger partial charge in [-0.1, -0.05) is 40.9 Å². The van der Waals surface area contributed by atoms with Gasteiger partial charge in [0.2, 0.25) is 0 Å². The van der Waals surface area contributed by atoms with E-state index in [1.54, 1.807) is 18.2 Å². The molecule has 2 rings (SSSR count). The minimum Gasteiger partial charge on any atom is -0.397 e. The molecule has 0 radical (unpaired) electrons. The number of benzene rings is 2. The van der Waals surface area contributed by atoms with E-state index < -0.39 is 5.82 Å². The Labute approximate surface area is 118 Å². The normalized spacial score (nSPS) is 10.4. The van der Waals surface area contributed by atoms with Crippen molar-refractivity contribution in [3.63, 3.8) is 0 Å². The van der Waals surface area contributed by atoms with E-state index in [0.717, 1.165) is 6.07 Å². The van der Waals surface area contributed by atoms with Crippen molar-refractivity contribution in [1.29, 1.82) is 0 Å². The Kier molecular flexibility index (Phi) is 3.85. The summed E-state index contributed by atoms with van der Waals surface area (Å²) in [5.41, 5.74) is 6.95. The number of hydrogen-bond acceptors (Lipinski definition) is 2. The van der Waals surface area contributed by atoms with E-state index in [9.17, 15) is 4.39 Å². The molecule has 0 fully saturated rings. The van der Waals surface area contributed by atoms with E-state index in [-0.39, 0.29) is 10.7 Å². The van der Waals surface area contributed by atoms with E-state index in [1.807, 2.05) is 0 Å². The van der Waals surface area contributed by atoms with Crippen LogP contribution in [0.1, 0.15) is 0 Å². The highest BCUT2D eigenvalue weighted by atomic mass is 35.5. The highest BCUT2D eigenvalue weighted by Crippen LogP contribution is 2.34. The maximum absolute atomic E-state index is 13.2. The Morgan fingerprint density at radius 1 is 1.00 bits per heavy atom. The van der Waals surface area contributed by atoms with Crippen LogP contribution in [0, 0.1) is 5.82 Å². The van der Waals surface area contributed by atoms with Gasteiger partial charge in [0.15, 0.2) is 0 Å². The summed E-state index contributed by atoms with van der Waals surface area (Å²) in [7, 11) is 0. The van der Waals surface area contributed by atoms with Crippen LogP contribution in [0.3, 0.4) is 0 Å². The monoisotopic (exact) mass is 304 g/mol. The van der Waals surface area contributed by atoms with Crippen LogP contribution >= 0.6 is 34.8 Å². The van der Waals surface area contributed by atoms with Crippen LogP contribution in [0.25, 0.3) is 0 Å². The molecule has 6 heteroatoms. The molecular weight excluding hydrogens is 298 g/mol. The number of halogens is 4. The van der Waals surface area contributed by atoms with E-state index in [2.05, 4.69) is 5.32 Å². The lowest BCUT2D eigenvalue weighted by Crippen LogP contribution is -1.98. The predicted octanol–water partition coefficient (Wildman–Crippen LogP) is 5.11. The van der Waals surface area contributed by atoms with E-state index in [0.29, 0.717) is 21.4 Å². The van der Waals surface area contributed by atoms with Gasteiger partial charge in [0.05, 0.1) is 32.1 Å². The summed E-state index contributed by atoms with van der Waals surface area (Å²) in [5, 5.41) is 3.70. The molecule has 0 aliphatic heterocycles. The highest BCUT2D eigenvalue weighted by molar-refractivity contribution is 6.43. The van der Waals surface area contributed by atoms with Gasteiger partial charge in [-0.25, -0.2) is 4.39 Å². The van der Waals surface area contributed by atoms with Crippen LogP contribution in [0.4, 0.5) is 21.5 Å². The molecule has 0 aromatic heterocycles. The fourth-order valence-electron chi connectivity index (χ4n) is 1.42. The fourth-order valence-corrected chi connectivity index (χ4v) is 1.93. The third-order valence-corrected chi connectivity index (χ3v) is 3.42. The lowest BCUT2D eigenvalue weighted by atomic mass is 10.2. The summed E-state index contributed by atoms with van der Waals surface area (Å²) >= 11 is 17.6. The molecule has 3 N–H and O–H groups in total. The lowest BCUT2D eigenvalue weighted by molar-refractivity contribution is 0.629. The molecule has 94 valence electrons. The highest BCUT2D eigenvalue weighted by Gasteiger charge is 2.09.